The molecule has 0 bridgehead atoms. The van der Waals surface area contributed by atoms with Crippen LogP contribution in [0.3, 0.4) is 0 Å². The summed E-state index contributed by atoms with van der Waals surface area (Å²) in [5.74, 6) is 0.451. The molecule has 0 saturated carbocycles. The van der Waals surface area contributed by atoms with E-state index in [1.165, 1.54) is 34.0 Å². The predicted octanol–water partition coefficient (Wildman–Crippen LogP) is 3.94. The highest BCUT2D eigenvalue weighted by atomic mass is 32.2. The van der Waals surface area contributed by atoms with E-state index in [-0.39, 0.29) is 5.91 Å². The van der Waals surface area contributed by atoms with Crippen molar-refractivity contribution in [1.29, 1.82) is 0 Å². The molecule has 1 aliphatic carbocycles. The van der Waals surface area contributed by atoms with Crippen LogP contribution in [0.25, 0.3) is 10.2 Å². The number of hydrogen-bond donors (Lipinski definition) is 0. The van der Waals surface area contributed by atoms with Crippen LogP contribution < -0.4 is 4.90 Å². The van der Waals surface area contributed by atoms with Gasteiger partial charge in [-0.1, -0.05) is 30.0 Å². The molecule has 0 spiro atoms. The molecule has 24 heavy (non-hydrogen) atoms. The Hall–Kier alpha value is -1.92. The van der Waals surface area contributed by atoms with Gasteiger partial charge in [0.1, 0.15) is 16.2 Å². The molecule has 0 aliphatic heterocycles. The number of benzene rings is 1. The first kappa shape index (κ1) is 15.6. The highest BCUT2D eigenvalue weighted by Gasteiger charge is 2.22. The quantitative estimate of drug-likeness (QED) is 0.525. The molecule has 6 heteroatoms. The third-order valence-electron chi connectivity index (χ3n) is 4.32. The van der Waals surface area contributed by atoms with Crippen LogP contribution >= 0.6 is 23.1 Å². The summed E-state index contributed by atoms with van der Waals surface area (Å²) in [6.45, 7) is 0. The molecule has 0 atom stereocenters. The number of thiophene rings is 1. The van der Waals surface area contributed by atoms with Crippen LogP contribution in [0.2, 0.25) is 0 Å². The van der Waals surface area contributed by atoms with Crippen molar-refractivity contribution in [2.45, 2.75) is 24.3 Å². The maximum Gasteiger partial charge on any atom is 0.237 e. The van der Waals surface area contributed by atoms with E-state index in [1.807, 2.05) is 37.4 Å². The molecule has 122 valence electrons. The molecule has 0 unspecified atom stereocenters. The van der Waals surface area contributed by atoms with Crippen molar-refractivity contribution in [3.8, 4) is 0 Å². The molecule has 1 amide bonds. The van der Waals surface area contributed by atoms with Crippen molar-refractivity contribution < 1.29 is 4.79 Å². The van der Waals surface area contributed by atoms with Crippen molar-refractivity contribution in [3.05, 3.63) is 47.1 Å². The van der Waals surface area contributed by atoms with E-state index in [0.717, 1.165) is 28.4 Å². The third kappa shape index (κ3) is 2.80. The van der Waals surface area contributed by atoms with E-state index >= 15 is 0 Å². The highest BCUT2D eigenvalue weighted by molar-refractivity contribution is 8.00. The van der Waals surface area contributed by atoms with Crippen LogP contribution in [0, 0.1) is 0 Å². The predicted molar refractivity (Wildman–Crippen MR) is 100 cm³/mol. The molecular weight excluding hydrogens is 338 g/mol. The van der Waals surface area contributed by atoms with Crippen LogP contribution in [0.1, 0.15) is 16.9 Å². The fraction of sp³-hybridized carbons (Fsp3) is 0.278. The summed E-state index contributed by atoms with van der Waals surface area (Å²) >= 11 is 3.29. The molecule has 2 heterocycles. The molecule has 0 saturated heterocycles. The zero-order valence-electron chi connectivity index (χ0n) is 13.4. The van der Waals surface area contributed by atoms with Gasteiger partial charge in [0, 0.05) is 23.0 Å². The van der Waals surface area contributed by atoms with E-state index in [9.17, 15) is 4.79 Å². The Morgan fingerprint density at radius 3 is 2.92 bits per heavy atom. The normalized spacial score (nSPS) is 13.2. The van der Waals surface area contributed by atoms with Crippen LogP contribution in [0.4, 0.5) is 5.69 Å². The van der Waals surface area contributed by atoms with Crippen molar-refractivity contribution in [3.63, 3.8) is 0 Å². The summed E-state index contributed by atoms with van der Waals surface area (Å²) in [6, 6.07) is 9.71. The number of para-hydroxylation sites is 1. The summed E-state index contributed by atoms with van der Waals surface area (Å²) in [5, 5.41) is 2.12. The van der Waals surface area contributed by atoms with Crippen molar-refractivity contribution in [1.82, 2.24) is 9.97 Å². The lowest BCUT2D eigenvalue weighted by Crippen LogP contribution is -2.27. The number of nitrogens with zero attached hydrogens (tertiary/aromatic N) is 3. The fourth-order valence-corrected chi connectivity index (χ4v) is 5.26. The topological polar surface area (TPSA) is 46.1 Å². The average molecular weight is 355 g/mol. The van der Waals surface area contributed by atoms with Crippen LogP contribution in [-0.4, -0.2) is 28.7 Å². The fourth-order valence-electron chi connectivity index (χ4n) is 3.03. The summed E-state index contributed by atoms with van der Waals surface area (Å²) in [6.07, 6.45) is 5.08. The maximum absolute atomic E-state index is 12.5. The number of rotatable bonds is 4. The lowest BCUT2D eigenvalue weighted by molar-refractivity contribution is -0.115. The minimum atomic E-state index is 0.0739. The maximum atomic E-state index is 12.5. The van der Waals surface area contributed by atoms with E-state index in [1.54, 1.807) is 22.6 Å². The second kappa shape index (κ2) is 6.53. The molecule has 1 aliphatic rings. The molecule has 2 aromatic heterocycles. The first-order valence-corrected chi connectivity index (χ1v) is 9.74. The second-order valence-electron chi connectivity index (χ2n) is 5.79. The number of fused-ring (bicyclic) bond motifs is 3. The number of thioether (sulfide) groups is 1. The van der Waals surface area contributed by atoms with Gasteiger partial charge in [0.2, 0.25) is 5.91 Å². The third-order valence-corrected chi connectivity index (χ3v) is 6.49. The number of aryl methyl sites for hydroxylation is 2. The number of carbonyl (C=O) groups is 1. The SMILES string of the molecule is CN(C(=O)CSc1ncnc2sc3c(c12)CCC3)c1ccccc1. The molecular formula is C18H17N3OS2. The van der Waals surface area contributed by atoms with Gasteiger partial charge in [-0.2, -0.15) is 0 Å². The number of amides is 1. The minimum absolute atomic E-state index is 0.0739. The van der Waals surface area contributed by atoms with Gasteiger partial charge in [0.25, 0.3) is 0 Å². The molecule has 3 aromatic rings. The Morgan fingerprint density at radius 1 is 1.25 bits per heavy atom. The average Bonchev–Trinajstić information content (AvgIpc) is 3.20. The van der Waals surface area contributed by atoms with Crippen molar-refractivity contribution in [2.75, 3.05) is 17.7 Å². The first-order chi connectivity index (χ1) is 11.7. The van der Waals surface area contributed by atoms with Crippen LogP contribution in [-0.2, 0) is 17.6 Å². The molecule has 1 aromatic carbocycles. The largest absolute Gasteiger partial charge is 0.315 e. The standard InChI is InChI=1S/C18H17N3OS2/c1-21(12-6-3-2-4-7-12)15(22)10-23-17-16-13-8-5-9-14(13)24-18(16)20-11-19-17/h2-4,6-7,11H,5,8-10H2,1H3. The van der Waals surface area contributed by atoms with E-state index in [2.05, 4.69) is 9.97 Å². The van der Waals surface area contributed by atoms with Gasteiger partial charge in [-0.25, -0.2) is 9.97 Å². The Balaban J connectivity index is 1.54. The second-order valence-corrected chi connectivity index (χ2v) is 7.84. The Bertz CT molecular complexity index is 892. The van der Waals surface area contributed by atoms with Gasteiger partial charge >= 0.3 is 0 Å². The van der Waals surface area contributed by atoms with Crippen molar-refractivity contribution >= 4 is 44.9 Å². The van der Waals surface area contributed by atoms with E-state index in [0.29, 0.717) is 5.75 Å². The van der Waals surface area contributed by atoms with Gasteiger partial charge in [-0.15, -0.1) is 11.3 Å². The summed E-state index contributed by atoms with van der Waals surface area (Å²) < 4.78 is 0. The lowest BCUT2D eigenvalue weighted by atomic mass is 10.2. The van der Waals surface area contributed by atoms with Crippen LogP contribution in [0.5, 0.6) is 0 Å². The first-order valence-electron chi connectivity index (χ1n) is 7.93. The van der Waals surface area contributed by atoms with Gasteiger partial charge in [-0.3, -0.25) is 4.79 Å². The van der Waals surface area contributed by atoms with Crippen LogP contribution in [0.15, 0.2) is 41.7 Å². The Kier molecular flexibility index (Phi) is 4.24. The zero-order chi connectivity index (χ0) is 16.5. The Labute approximate surface area is 148 Å². The molecule has 0 fully saturated rings. The lowest BCUT2D eigenvalue weighted by Gasteiger charge is -2.16. The summed E-state index contributed by atoms with van der Waals surface area (Å²) in [7, 11) is 1.82. The van der Waals surface area contributed by atoms with E-state index in [4.69, 9.17) is 0 Å². The zero-order valence-corrected chi connectivity index (χ0v) is 15.0. The van der Waals surface area contributed by atoms with Gasteiger partial charge in [0.05, 0.1) is 5.75 Å². The van der Waals surface area contributed by atoms with Gasteiger partial charge < -0.3 is 4.90 Å². The number of aromatic nitrogens is 2. The number of carbonyl (C=O) groups excluding carboxylic acids is 1. The van der Waals surface area contributed by atoms with Gasteiger partial charge in [0.15, 0.2) is 0 Å². The molecule has 4 nitrogen and oxygen atoms in total. The smallest absolute Gasteiger partial charge is 0.237 e. The number of hydrogen-bond acceptors (Lipinski definition) is 5. The van der Waals surface area contributed by atoms with Gasteiger partial charge in [-0.05, 0) is 37.0 Å². The van der Waals surface area contributed by atoms with E-state index < -0.39 is 0 Å². The monoisotopic (exact) mass is 355 g/mol. The number of anilines is 1. The highest BCUT2D eigenvalue weighted by Crippen LogP contribution is 2.40. The minimum Gasteiger partial charge on any atom is -0.315 e. The molecule has 0 N–H and O–H groups in total. The summed E-state index contributed by atoms with van der Waals surface area (Å²) in [4.78, 5) is 25.6. The molecule has 4 rings (SSSR count). The Morgan fingerprint density at radius 2 is 2.08 bits per heavy atom. The van der Waals surface area contributed by atoms with Crippen molar-refractivity contribution in [2.24, 2.45) is 0 Å². The molecule has 0 radical (unpaired) electrons. The summed E-state index contributed by atoms with van der Waals surface area (Å²) in [5.41, 5.74) is 2.31.